The van der Waals surface area contributed by atoms with E-state index in [-0.39, 0.29) is 12.1 Å². The van der Waals surface area contributed by atoms with Crippen LogP contribution < -0.4 is 0 Å². The molecule has 1 aliphatic heterocycles. The standard InChI is InChI=1S/C24H24N4O3S/c1-30-23(29)17-7-4-6-16(12-17)15-32-24-27-26-22(28(24)14-18-8-5-11-31-18)20-13-25-21-10-3-2-9-19(20)21/h2-4,6-7,9-10,12-13,18,25H,5,8,11,14-15H2,1H3. The zero-order chi connectivity index (χ0) is 21.9. The topological polar surface area (TPSA) is 82.0 Å². The van der Waals surface area contributed by atoms with Crippen LogP contribution in [0, 0.1) is 0 Å². The van der Waals surface area contributed by atoms with Crippen molar-refractivity contribution >= 4 is 28.6 Å². The number of rotatable bonds is 7. The van der Waals surface area contributed by atoms with Crippen molar-refractivity contribution in [1.82, 2.24) is 19.7 Å². The predicted molar refractivity (Wildman–Crippen MR) is 124 cm³/mol. The molecule has 164 valence electrons. The van der Waals surface area contributed by atoms with Gasteiger partial charge in [-0.1, -0.05) is 42.1 Å². The first-order chi connectivity index (χ1) is 15.7. The summed E-state index contributed by atoms with van der Waals surface area (Å²) in [5, 5.41) is 11.0. The molecule has 1 saturated heterocycles. The fourth-order valence-corrected chi connectivity index (χ4v) is 4.95. The summed E-state index contributed by atoms with van der Waals surface area (Å²) >= 11 is 1.61. The molecule has 3 heterocycles. The van der Waals surface area contributed by atoms with E-state index in [9.17, 15) is 4.79 Å². The Balaban J connectivity index is 1.45. The van der Waals surface area contributed by atoms with Crippen LogP contribution in [0.3, 0.4) is 0 Å². The number of methoxy groups -OCH3 is 1. The Kier molecular flexibility index (Phi) is 5.96. The number of thioether (sulfide) groups is 1. The van der Waals surface area contributed by atoms with Gasteiger partial charge < -0.3 is 14.5 Å². The van der Waals surface area contributed by atoms with Crippen molar-refractivity contribution in [1.29, 1.82) is 0 Å². The summed E-state index contributed by atoms with van der Waals surface area (Å²) in [6, 6.07) is 15.7. The lowest BCUT2D eigenvalue weighted by Gasteiger charge is -2.14. The van der Waals surface area contributed by atoms with Crippen LogP contribution in [0.15, 0.2) is 59.9 Å². The number of ether oxygens (including phenoxy) is 2. The van der Waals surface area contributed by atoms with E-state index in [1.165, 1.54) is 7.11 Å². The lowest BCUT2D eigenvalue weighted by Crippen LogP contribution is -2.16. The van der Waals surface area contributed by atoms with Crippen LogP contribution in [-0.4, -0.2) is 45.5 Å². The SMILES string of the molecule is COC(=O)c1cccc(CSc2nnc(-c3c[nH]c4ccccc34)n2CC2CCCO2)c1. The van der Waals surface area contributed by atoms with Crippen LogP contribution in [0.25, 0.3) is 22.3 Å². The first-order valence-electron chi connectivity index (χ1n) is 10.6. The van der Waals surface area contributed by atoms with Gasteiger partial charge >= 0.3 is 5.97 Å². The normalized spacial score (nSPS) is 16.0. The number of hydrogen-bond acceptors (Lipinski definition) is 6. The van der Waals surface area contributed by atoms with Gasteiger partial charge in [-0.3, -0.25) is 4.57 Å². The number of esters is 1. The second-order valence-corrected chi connectivity index (χ2v) is 8.72. The van der Waals surface area contributed by atoms with Crippen molar-refractivity contribution in [2.75, 3.05) is 13.7 Å². The van der Waals surface area contributed by atoms with Gasteiger partial charge in [0.2, 0.25) is 0 Å². The molecule has 0 aliphatic carbocycles. The third-order valence-electron chi connectivity index (χ3n) is 5.67. The summed E-state index contributed by atoms with van der Waals surface area (Å²) in [4.78, 5) is 15.2. The Labute approximate surface area is 190 Å². The zero-order valence-corrected chi connectivity index (χ0v) is 18.6. The van der Waals surface area contributed by atoms with Crippen LogP contribution in [0.5, 0.6) is 0 Å². The minimum absolute atomic E-state index is 0.164. The van der Waals surface area contributed by atoms with Gasteiger partial charge in [0, 0.05) is 35.0 Å². The second-order valence-electron chi connectivity index (χ2n) is 7.78. The fraction of sp³-hybridized carbons (Fsp3) is 0.292. The van der Waals surface area contributed by atoms with Crippen molar-refractivity contribution in [3.05, 3.63) is 65.9 Å². The van der Waals surface area contributed by atoms with E-state index in [2.05, 4.69) is 31.9 Å². The van der Waals surface area contributed by atoms with E-state index in [4.69, 9.17) is 9.47 Å². The Morgan fingerprint density at radius 3 is 3.00 bits per heavy atom. The maximum Gasteiger partial charge on any atom is 0.337 e. The molecular formula is C24H24N4O3S. The lowest BCUT2D eigenvalue weighted by molar-refractivity contribution is 0.0600. The van der Waals surface area contributed by atoms with Crippen LogP contribution in [0.1, 0.15) is 28.8 Å². The fourth-order valence-electron chi connectivity index (χ4n) is 4.06. The third-order valence-corrected chi connectivity index (χ3v) is 6.71. The molecule has 1 fully saturated rings. The second kappa shape index (κ2) is 9.18. The van der Waals surface area contributed by atoms with E-state index in [0.29, 0.717) is 17.9 Å². The molecule has 1 aliphatic rings. The van der Waals surface area contributed by atoms with Gasteiger partial charge in [0.25, 0.3) is 0 Å². The lowest BCUT2D eigenvalue weighted by atomic mass is 10.1. The van der Waals surface area contributed by atoms with Crippen molar-refractivity contribution in [2.45, 2.75) is 36.4 Å². The van der Waals surface area contributed by atoms with Gasteiger partial charge in [-0.05, 0) is 36.6 Å². The summed E-state index contributed by atoms with van der Waals surface area (Å²) in [5.41, 5.74) is 3.68. The highest BCUT2D eigenvalue weighted by atomic mass is 32.2. The van der Waals surface area contributed by atoms with Crippen molar-refractivity contribution < 1.29 is 14.3 Å². The molecule has 1 atom stereocenters. The van der Waals surface area contributed by atoms with Gasteiger partial charge in [0.1, 0.15) is 0 Å². The van der Waals surface area contributed by atoms with Crippen molar-refractivity contribution in [3.63, 3.8) is 0 Å². The molecule has 7 nitrogen and oxygen atoms in total. The zero-order valence-electron chi connectivity index (χ0n) is 17.8. The summed E-state index contributed by atoms with van der Waals surface area (Å²) in [6.45, 7) is 1.52. The highest BCUT2D eigenvalue weighted by Gasteiger charge is 2.23. The summed E-state index contributed by atoms with van der Waals surface area (Å²) in [6.07, 6.45) is 4.28. The molecule has 2 aromatic heterocycles. The Bertz CT molecular complexity index is 1240. The number of hydrogen-bond donors (Lipinski definition) is 1. The summed E-state index contributed by atoms with van der Waals surface area (Å²) < 4.78 is 12.9. The largest absolute Gasteiger partial charge is 0.465 e. The number of aromatic nitrogens is 4. The molecule has 1 unspecified atom stereocenters. The number of fused-ring (bicyclic) bond motifs is 1. The van der Waals surface area contributed by atoms with E-state index < -0.39 is 0 Å². The summed E-state index contributed by atoms with van der Waals surface area (Å²) in [5.74, 6) is 1.17. The van der Waals surface area contributed by atoms with Crippen LogP contribution >= 0.6 is 11.8 Å². The average Bonchev–Trinajstić information content (AvgIpc) is 3.58. The number of aromatic amines is 1. The monoisotopic (exact) mass is 448 g/mol. The van der Waals surface area contributed by atoms with Crippen molar-refractivity contribution in [3.8, 4) is 11.4 Å². The number of carbonyl (C=O) groups excluding carboxylic acids is 1. The van der Waals surface area contributed by atoms with E-state index in [0.717, 1.165) is 52.5 Å². The molecule has 1 N–H and O–H groups in total. The number of H-pyrrole nitrogens is 1. The third kappa shape index (κ3) is 4.16. The van der Waals surface area contributed by atoms with E-state index >= 15 is 0 Å². The van der Waals surface area contributed by atoms with Gasteiger partial charge in [-0.15, -0.1) is 10.2 Å². The minimum Gasteiger partial charge on any atom is -0.465 e. The Hall–Kier alpha value is -3.10. The minimum atomic E-state index is -0.333. The molecule has 0 bridgehead atoms. The quantitative estimate of drug-likeness (QED) is 0.326. The molecule has 0 spiro atoms. The molecule has 0 radical (unpaired) electrons. The van der Waals surface area contributed by atoms with Gasteiger partial charge in [-0.2, -0.15) is 0 Å². The number of carbonyl (C=O) groups is 1. The predicted octanol–water partition coefficient (Wildman–Crippen LogP) is 4.68. The number of para-hydroxylation sites is 1. The molecule has 2 aromatic carbocycles. The van der Waals surface area contributed by atoms with Crippen LogP contribution in [-0.2, 0) is 21.8 Å². The highest BCUT2D eigenvalue weighted by Crippen LogP contribution is 2.32. The average molecular weight is 449 g/mol. The first-order valence-corrected chi connectivity index (χ1v) is 11.6. The molecule has 4 aromatic rings. The van der Waals surface area contributed by atoms with Crippen molar-refractivity contribution in [2.24, 2.45) is 0 Å². The number of nitrogens with one attached hydrogen (secondary N) is 1. The van der Waals surface area contributed by atoms with Crippen LogP contribution in [0.2, 0.25) is 0 Å². The van der Waals surface area contributed by atoms with Crippen LogP contribution in [0.4, 0.5) is 0 Å². The molecule has 0 saturated carbocycles. The van der Waals surface area contributed by atoms with Gasteiger partial charge in [0.05, 0.1) is 25.3 Å². The smallest absolute Gasteiger partial charge is 0.337 e. The molecule has 32 heavy (non-hydrogen) atoms. The summed E-state index contributed by atoms with van der Waals surface area (Å²) in [7, 11) is 1.39. The van der Waals surface area contributed by atoms with Gasteiger partial charge in [-0.25, -0.2) is 4.79 Å². The van der Waals surface area contributed by atoms with E-state index in [1.54, 1.807) is 17.8 Å². The van der Waals surface area contributed by atoms with Gasteiger partial charge in [0.15, 0.2) is 11.0 Å². The maximum atomic E-state index is 11.9. The maximum absolute atomic E-state index is 11.9. The number of benzene rings is 2. The molecule has 8 heteroatoms. The Morgan fingerprint density at radius 2 is 2.16 bits per heavy atom. The molecule has 0 amide bonds. The van der Waals surface area contributed by atoms with E-state index in [1.807, 2.05) is 36.5 Å². The molecule has 5 rings (SSSR count). The first kappa shape index (κ1) is 20.8. The Morgan fingerprint density at radius 1 is 1.25 bits per heavy atom. The molecular weight excluding hydrogens is 424 g/mol. The number of nitrogens with zero attached hydrogens (tertiary/aromatic N) is 3. The highest BCUT2D eigenvalue weighted by molar-refractivity contribution is 7.98.